The second-order valence-corrected chi connectivity index (χ2v) is 5.24. The van der Waals surface area contributed by atoms with E-state index in [-0.39, 0.29) is 11.7 Å². The van der Waals surface area contributed by atoms with Gasteiger partial charge in [0.2, 0.25) is 0 Å². The van der Waals surface area contributed by atoms with Gasteiger partial charge >= 0.3 is 6.18 Å². The van der Waals surface area contributed by atoms with Crippen molar-refractivity contribution in [1.82, 2.24) is 0 Å². The Labute approximate surface area is 123 Å². The van der Waals surface area contributed by atoms with Crippen LogP contribution in [0.25, 0.3) is 0 Å². The molecule has 1 atom stereocenters. The molecule has 0 aromatic heterocycles. The summed E-state index contributed by atoms with van der Waals surface area (Å²) < 4.78 is 44.0. The van der Waals surface area contributed by atoms with E-state index in [1.165, 1.54) is 13.0 Å². The third-order valence-electron chi connectivity index (χ3n) is 3.26. The Morgan fingerprint density at radius 2 is 2.00 bits per heavy atom. The lowest BCUT2D eigenvalue weighted by Gasteiger charge is -2.18. The van der Waals surface area contributed by atoms with Gasteiger partial charge in [-0.15, -0.1) is 0 Å². The standard InChI is InChI=1S/C16H21F3O2/c1-4-9-21-15-8-7-13(16(17,18)19)10-14(15)11(2)5-6-12(3)20/h7-8,10-11H,4-6,9H2,1-3H3. The number of carbonyl (C=O) groups is 1. The molecule has 1 aromatic carbocycles. The van der Waals surface area contributed by atoms with Gasteiger partial charge < -0.3 is 9.53 Å². The summed E-state index contributed by atoms with van der Waals surface area (Å²) >= 11 is 0. The molecule has 0 saturated carbocycles. The van der Waals surface area contributed by atoms with Gasteiger partial charge in [-0.05, 0) is 49.4 Å². The molecule has 0 amide bonds. The maximum atomic E-state index is 12.8. The first-order chi connectivity index (χ1) is 9.75. The molecule has 0 spiro atoms. The highest BCUT2D eigenvalue weighted by molar-refractivity contribution is 5.75. The molecule has 1 unspecified atom stereocenters. The molecule has 0 fully saturated rings. The molecule has 0 N–H and O–H groups in total. The predicted octanol–water partition coefficient (Wildman–Crippen LogP) is 4.97. The van der Waals surface area contributed by atoms with Crippen LogP contribution in [0.3, 0.4) is 0 Å². The van der Waals surface area contributed by atoms with Crippen LogP contribution in [0, 0.1) is 0 Å². The largest absolute Gasteiger partial charge is 0.493 e. The highest BCUT2D eigenvalue weighted by atomic mass is 19.4. The highest BCUT2D eigenvalue weighted by Gasteiger charge is 2.31. The third kappa shape index (κ3) is 5.40. The van der Waals surface area contributed by atoms with Gasteiger partial charge in [0.1, 0.15) is 11.5 Å². The first-order valence-corrected chi connectivity index (χ1v) is 7.09. The van der Waals surface area contributed by atoms with Crippen LogP contribution < -0.4 is 4.74 Å². The topological polar surface area (TPSA) is 26.3 Å². The van der Waals surface area contributed by atoms with Crippen molar-refractivity contribution in [2.75, 3.05) is 6.61 Å². The number of rotatable bonds is 7. The maximum Gasteiger partial charge on any atom is 0.416 e. The van der Waals surface area contributed by atoms with Crippen LogP contribution in [0.15, 0.2) is 18.2 Å². The summed E-state index contributed by atoms with van der Waals surface area (Å²) in [6, 6.07) is 3.54. The van der Waals surface area contributed by atoms with Crippen LogP contribution in [0.5, 0.6) is 5.75 Å². The van der Waals surface area contributed by atoms with E-state index in [2.05, 4.69) is 0 Å². The Kier molecular flexibility index (Phi) is 6.24. The fraction of sp³-hybridized carbons (Fsp3) is 0.562. The lowest BCUT2D eigenvalue weighted by molar-refractivity contribution is -0.137. The van der Waals surface area contributed by atoms with E-state index in [4.69, 9.17) is 4.74 Å². The van der Waals surface area contributed by atoms with Gasteiger partial charge in [0.15, 0.2) is 0 Å². The summed E-state index contributed by atoms with van der Waals surface area (Å²) in [5, 5.41) is 0. The van der Waals surface area contributed by atoms with E-state index >= 15 is 0 Å². The van der Waals surface area contributed by atoms with Gasteiger partial charge in [-0.2, -0.15) is 13.2 Å². The average molecular weight is 302 g/mol. The smallest absolute Gasteiger partial charge is 0.416 e. The van der Waals surface area contributed by atoms with E-state index in [0.717, 1.165) is 18.6 Å². The van der Waals surface area contributed by atoms with Crippen LogP contribution >= 0.6 is 0 Å². The van der Waals surface area contributed by atoms with Crippen molar-refractivity contribution in [3.63, 3.8) is 0 Å². The van der Waals surface area contributed by atoms with Crippen LogP contribution in [0.2, 0.25) is 0 Å². The second kappa shape index (κ2) is 7.48. The van der Waals surface area contributed by atoms with Crippen LogP contribution in [-0.2, 0) is 11.0 Å². The average Bonchev–Trinajstić information content (AvgIpc) is 2.41. The summed E-state index contributed by atoms with van der Waals surface area (Å²) in [7, 11) is 0. The lowest BCUT2D eigenvalue weighted by Crippen LogP contribution is -2.09. The molecule has 0 aliphatic heterocycles. The summed E-state index contributed by atoms with van der Waals surface area (Å²) in [5.74, 6) is 0.341. The van der Waals surface area contributed by atoms with Gasteiger partial charge in [-0.25, -0.2) is 0 Å². The molecule has 0 saturated heterocycles. The molecule has 0 bridgehead atoms. The van der Waals surface area contributed by atoms with Crippen molar-refractivity contribution in [3.05, 3.63) is 29.3 Å². The number of Topliss-reactive ketones (excluding diaryl/α,β-unsaturated/α-hetero) is 1. The third-order valence-corrected chi connectivity index (χ3v) is 3.26. The zero-order valence-electron chi connectivity index (χ0n) is 12.6. The monoisotopic (exact) mass is 302 g/mol. The van der Waals surface area contributed by atoms with Gasteiger partial charge in [-0.3, -0.25) is 0 Å². The van der Waals surface area contributed by atoms with E-state index < -0.39 is 11.7 Å². The Hall–Kier alpha value is -1.52. The van der Waals surface area contributed by atoms with E-state index in [1.807, 2.05) is 13.8 Å². The van der Waals surface area contributed by atoms with Crippen molar-refractivity contribution >= 4 is 5.78 Å². The van der Waals surface area contributed by atoms with Crippen molar-refractivity contribution in [2.45, 2.75) is 52.1 Å². The van der Waals surface area contributed by atoms with Crippen molar-refractivity contribution in [1.29, 1.82) is 0 Å². The Morgan fingerprint density at radius 1 is 1.33 bits per heavy atom. The Balaban J connectivity index is 3.06. The number of alkyl halides is 3. The van der Waals surface area contributed by atoms with Crippen LogP contribution in [0.4, 0.5) is 13.2 Å². The maximum absolute atomic E-state index is 12.8. The summed E-state index contributed by atoms with van der Waals surface area (Å²) in [5.41, 5.74) is -0.171. The summed E-state index contributed by atoms with van der Waals surface area (Å²) in [6.45, 7) is 5.69. The fourth-order valence-corrected chi connectivity index (χ4v) is 2.03. The van der Waals surface area contributed by atoms with Crippen molar-refractivity contribution in [2.24, 2.45) is 0 Å². The molecule has 0 radical (unpaired) electrons. The fourth-order valence-electron chi connectivity index (χ4n) is 2.03. The number of hydrogen-bond donors (Lipinski definition) is 0. The SMILES string of the molecule is CCCOc1ccc(C(F)(F)F)cc1C(C)CCC(C)=O. The zero-order chi connectivity index (χ0) is 16.0. The molecule has 0 heterocycles. The van der Waals surface area contributed by atoms with E-state index in [9.17, 15) is 18.0 Å². The number of hydrogen-bond acceptors (Lipinski definition) is 2. The van der Waals surface area contributed by atoms with Crippen LogP contribution in [-0.4, -0.2) is 12.4 Å². The molecule has 1 rings (SSSR count). The molecule has 5 heteroatoms. The number of halogens is 3. The van der Waals surface area contributed by atoms with E-state index in [0.29, 0.717) is 30.8 Å². The number of carbonyl (C=O) groups excluding carboxylic acids is 1. The van der Waals surface area contributed by atoms with Gasteiger partial charge in [0.05, 0.1) is 12.2 Å². The second-order valence-electron chi connectivity index (χ2n) is 5.24. The molecular formula is C16H21F3O2. The summed E-state index contributed by atoms with van der Waals surface area (Å²) in [4.78, 5) is 11.1. The number of ether oxygens (including phenoxy) is 1. The minimum Gasteiger partial charge on any atom is -0.493 e. The number of benzene rings is 1. The summed E-state index contributed by atoms with van der Waals surface area (Å²) in [6.07, 6.45) is -2.73. The first-order valence-electron chi connectivity index (χ1n) is 7.09. The minimum absolute atomic E-state index is 0.0323. The predicted molar refractivity (Wildman–Crippen MR) is 75.6 cm³/mol. The molecular weight excluding hydrogens is 281 g/mol. The zero-order valence-corrected chi connectivity index (χ0v) is 12.6. The normalized spacial score (nSPS) is 13.0. The quantitative estimate of drug-likeness (QED) is 0.711. The molecule has 1 aromatic rings. The lowest BCUT2D eigenvalue weighted by atomic mass is 9.93. The van der Waals surface area contributed by atoms with Crippen LogP contribution in [0.1, 0.15) is 57.1 Å². The Morgan fingerprint density at radius 3 is 2.52 bits per heavy atom. The molecule has 118 valence electrons. The Bertz CT molecular complexity index is 481. The molecule has 0 aliphatic rings. The van der Waals surface area contributed by atoms with Crippen molar-refractivity contribution < 1.29 is 22.7 Å². The van der Waals surface area contributed by atoms with Gasteiger partial charge in [0, 0.05) is 6.42 Å². The van der Waals surface area contributed by atoms with Crippen molar-refractivity contribution in [3.8, 4) is 5.75 Å². The molecule has 0 aliphatic carbocycles. The molecule has 2 nitrogen and oxygen atoms in total. The highest BCUT2D eigenvalue weighted by Crippen LogP contribution is 2.36. The molecule has 21 heavy (non-hydrogen) atoms. The number of ketones is 1. The van der Waals surface area contributed by atoms with E-state index in [1.54, 1.807) is 0 Å². The van der Waals surface area contributed by atoms with Gasteiger partial charge in [-0.1, -0.05) is 13.8 Å². The minimum atomic E-state index is -4.38. The van der Waals surface area contributed by atoms with Gasteiger partial charge in [0.25, 0.3) is 0 Å². The first kappa shape index (κ1) is 17.5.